The van der Waals surface area contributed by atoms with Gasteiger partial charge in [0, 0.05) is 29.6 Å². The number of para-hydroxylation sites is 1. The normalized spacial score (nSPS) is 10.6. The lowest BCUT2D eigenvalue weighted by Crippen LogP contribution is -2.10. The van der Waals surface area contributed by atoms with Crippen molar-refractivity contribution in [1.29, 1.82) is 0 Å². The van der Waals surface area contributed by atoms with Crippen LogP contribution < -0.4 is 10.6 Å². The van der Waals surface area contributed by atoms with Crippen molar-refractivity contribution in [2.24, 2.45) is 0 Å². The number of carbonyl (C=O) groups is 2. The quantitative estimate of drug-likeness (QED) is 0.335. The fourth-order valence-electron chi connectivity index (χ4n) is 2.62. The molecule has 0 aliphatic rings. The molecule has 0 spiro atoms. The van der Waals surface area contributed by atoms with E-state index in [0.717, 1.165) is 23.3 Å². The van der Waals surface area contributed by atoms with Crippen molar-refractivity contribution in [2.45, 2.75) is 25.4 Å². The van der Waals surface area contributed by atoms with Crippen LogP contribution in [0, 0.1) is 0 Å². The van der Waals surface area contributed by atoms with Crippen LogP contribution >= 0.6 is 11.8 Å². The summed E-state index contributed by atoms with van der Waals surface area (Å²) in [7, 11) is 0. The van der Waals surface area contributed by atoms with E-state index in [4.69, 9.17) is 0 Å². The Bertz CT molecular complexity index is 989. The number of anilines is 2. The fraction of sp³-hybridized carbons (Fsp3) is 0.238. The minimum Gasteiger partial charge on any atom is -0.370 e. The van der Waals surface area contributed by atoms with Crippen LogP contribution in [0.5, 0.6) is 0 Å². The lowest BCUT2D eigenvalue weighted by molar-refractivity contribution is -0.115. The van der Waals surface area contributed by atoms with Crippen LogP contribution in [0.2, 0.25) is 0 Å². The smallest absolute Gasteiger partial charge is 0.224 e. The standard InChI is InChI=1S/C21H22N4O2S/c1-3-19(27)23-15-11-9-14(10-12-15)18(26)13-28-21-24-17-8-6-5-7-16(17)20(25-21)22-4-2/h5-12H,3-4,13H2,1-2H3,(H,23,27)(H,22,24,25). The fourth-order valence-corrected chi connectivity index (χ4v) is 3.37. The van der Waals surface area contributed by atoms with E-state index in [1.807, 2.05) is 31.2 Å². The molecule has 28 heavy (non-hydrogen) atoms. The van der Waals surface area contributed by atoms with E-state index < -0.39 is 0 Å². The molecule has 0 bridgehead atoms. The summed E-state index contributed by atoms with van der Waals surface area (Å²) in [6.07, 6.45) is 0.415. The van der Waals surface area contributed by atoms with Crippen LogP contribution in [-0.4, -0.2) is 34.0 Å². The van der Waals surface area contributed by atoms with Gasteiger partial charge in [-0.3, -0.25) is 9.59 Å². The molecule has 6 nitrogen and oxygen atoms in total. The minimum absolute atomic E-state index is 0.0138. The van der Waals surface area contributed by atoms with E-state index in [-0.39, 0.29) is 17.4 Å². The molecule has 2 aromatic carbocycles. The number of thioether (sulfide) groups is 1. The van der Waals surface area contributed by atoms with E-state index >= 15 is 0 Å². The van der Waals surface area contributed by atoms with Crippen LogP contribution in [-0.2, 0) is 4.79 Å². The summed E-state index contributed by atoms with van der Waals surface area (Å²) in [5.74, 6) is 0.948. The summed E-state index contributed by atoms with van der Waals surface area (Å²) in [6, 6.07) is 14.7. The van der Waals surface area contributed by atoms with Gasteiger partial charge >= 0.3 is 0 Å². The molecule has 0 fully saturated rings. The monoisotopic (exact) mass is 394 g/mol. The average Bonchev–Trinajstić information content (AvgIpc) is 2.72. The number of carbonyl (C=O) groups excluding carboxylic acids is 2. The molecule has 0 saturated carbocycles. The maximum atomic E-state index is 12.5. The number of nitrogens with zero attached hydrogens (tertiary/aromatic N) is 2. The van der Waals surface area contributed by atoms with Gasteiger partial charge in [-0.05, 0) is 43.3 Å². The van der Waals surface area contributed by atoms with Crippen LogP contribution in [0.4, 0.5) is 11.5 Å². The van der Waals surface area contributed by atoms with E-state index in [1.54, 1.807) is 31.2 Å². The zero-order valence-corrected chi connectivity index (χ0v) is 16.7. The highest BCUT2D eigenvalue weighted by atomic mass is 32.2. The molecule has 0 aliphatic heterocycles. The molecule has 144 valence electrons. The minimum atomic E-state index is -0.0559. The first-order valence-corrected chi connectivity index (χ1v) is 10.2. The summed E-state index contributed by atoms with van der Waals surface area (Å²) >= 11 is 1.32. The largest absolute Gasteiger partial charge is 0.370 e. The number of Topliss-reactive ketones (excluding diaryl/α,β-unsaturated/α-hetero) is 1. The van der Waals surface area contributed by atoms with Gasteiger partial charge in [0.1, 0.15) is 5.82 Å². The van der Waals surface area contributed by atoms with Gasteiger partial charge in [-0.1, -0.05) is 30.8 Å². The molecule has 0 unspecified atom stereocenters. The third-order valence-electron chi connectivity index (χ3n) is 4.07. The third kappa shape index (κ3) is 4.86. The number of hydrogen-bond acceptors (Lipinski definition) is 6. The predicted octanol–water partition coefficient (Wildman–Crippen LogP) is 4.39. The van der Waals surface area contributed by atoms with E-state index in [1.165, 1.54) is 11.8 Å². The summed E-state index contributed by atoms with van der Waals surface area (Å²) in [4.78, 5) is 33.0. The van der Waals surface area contributed by atoms with Crippen molar-refractivity contribution in [1.82, 2.24) is 9.97 Å². The van der Waals surface area contributed by atoms with Crippen LogP contribution in [0.3, 0.4) is 0 Å². The topological polar surface area (TPSA) is 84.0 Å². The molecule has 3 aromatic rings. The van der Waals surface area contributed by atoms with E-state index in [2.05, 4.69) is 20.6 Å². The van der Waals surface area contributed by atoms with Gasteiger partial charge in [0.05, 0.1) is 11.3 Å². The first-order valence-electron chi connectivity index (χ1n) is 9.17. The molecule has 1 amide bonds. The van der Waals surface area contributed by atoms with Gasteiger partial charge < -0.3 is 10.6 Å². The average molecular weight is 395 g/mol. The van der Waals surface area contributed by atoms with Gasteiger partial charge in [0.25, 0.3) is 0 Å². The van der Waals surface area contributed by atoms with Gasteiger partial charge in [-0.2, -0.15) is 0 Å². The molecule has 3 rings (SSSR count). The summed E-state index contributed by atoms with van der Waals surface area (Å²) in [5, 5.41) is 7.55. The number of rotatable bonds is 8. The predicted molar refractivity (Wildman–Crippen MR) is 114 cm³/mol. The Balaban J connectivity index is 1.69. The van der Waals surface area contributed by atoms with Crippen LogP contribution in [0.25, 0.3) is 10.9 Å². The van der Waals surface area contributed by atoms with Crippen molar-refractivity contribution in [3.8, 4) is 0 Å². The summed E-state index contributed by atoms with van der Waals surface area (Å²) in [6.45, 7) is 4.56. The number of ketones is 1. The number of fused-ring (bicyclic) bond motifs is 1. The molecule has 0 radical (unpaired) electrons. The molecule has 0 aliphatic carbocycles. The van der Waals surface area contributed by atoms with Crippen LogP contribution in [0.1, 0.15) is 30.6 Å². The Morgan fingerprint density at radius 3 is 2.46 bits per heavy atom. The van der Waals surface area contributed by atoms with E-state index in [0.29, 0.717) is 22.8 Å². The highest BCUT2D eigenvalue weighted by Crippen LogP contribution is 2.25. The summed E-state index contributed by atoms with van der Waals surface area (Å²) in [5.41, 5.74) is 2.12. The highest BCUT2D eigenvalue weighted by molar-refractivity contribution is 7.99. The maximum Gasteiger partial charge on any atom is 0.224 e. The van der Waals surface area contributed by atoms with Crippen LogP contribution in [0.15, 0.2) is 53.7 Å². The van der Waals surface area contributed by atoms with Gasteiger partial charge in [-0.15, -0.1) is 0 Å². The van der Waals surface area contributed by atoms with Gasteiger partial charge in [0.15, 0.2) is 10.9 Å². The molecule has 0 saturated heterocycles. The zero-order valence-electron chi connectivity index (χ0n) is 15.9. The van der Waals surface area contributed by atoms with E-state index in [9.17, 15) is 9.59 Å². The van der Waals surface area contributed by atoms with Crippen molar-refractivity contribution < 1.29 is 9.59 Å². The van der Waals surface area contributed by atoms with Gasteiger partial charge in [-0.25, -0.2) is 9.97 Å². The number of benzene rings is 2. The lowest BCUT2D eigenvalue weighted by atomic mass is 10.1. The second-order valence-electron chi connectivity index (χ2n) is 6.09. The first kappa shape index (κ1) is 19.8. The summed E-state index contributed by atoms with van der Waals surface area (Å²) < 4.78 is 0. The highest BCUT2D eigenvalue weighted by Gasteiger charge is 2.11. The molecule has 1 heterocycles. The molecule has 2 N–H and O–H groups in total. The van der Waals surface area contributed by atoms with Crippen molar-refractivity contribution in [3.63, 3.8) is 0 Å². The molecule has 7 heteroatoms. The molecular formula is C21H22N4O2S. The third-order valence-corrected chi connectivity index (χ3v) is 4.92. The Morgan fingerprint density at radius 1 is 1.00 bits per heavy atom. The lowest BCUT2D eigenvalue weighted by Gasteiger charge is -2.09. The Kier molecular flexibility index (Phi) is 6.60. The maximum absolute atomic E-state index is 12.5. The Morgan fingerprint density at radius 2 is 1.75 bits per heavy atom. The first-order chi connectivity index (χ1) is 13.6. The second kappa shape index (κ2) is 9.32. The van der Waals surface area contributed by atoms with Crippen molar-refractivity contribution in [2.75, 3.05) is 22.9 Å². The SMILES string of the molecule is CCNc1nc(SCC(=O)c2ccc(NC(=O)CC)cc2)nc2ccccc12. The van der Waals surface area contributed by atoms with Crippen molar-refractivity contribution >= 4 is 45.9 Å². The number of aromatic nitrogens is 2. The van der Waals surface area contributed by atoms with Crippen molar-refractivity contribution in [3.05, 3.63) is 54.1 Å². The molecule has 0 atom stereocenters. The second-order valence-corrected chi connectivity index (χ2v) is 7.04. The number of hydrogen-bond donors (Lipinski definition) is 2. The number of nitrogens with one attached hydrogen (secondary N) is 2. The Labute approximate surface area is 168 Å². The molecular weight excluding hydrogens is 372 g/mol. The number of amides is 1. The van der Waals surface area contributed by atoms with Gasteiger partial charge in [0.2, 0.25) is 5.91 Å². The zero-order chi connectivity index (χ0) is 19.9. The molecule has 1 aromatic heterocycles. The Hall–Kier alpha value is -2.93.